The molecule has 0 radical (unpaired) electrons. The Morgan fingerprint density at radius 2 is 1.67 bits per heavy atom. The average Bonchev–Trinajstić information content (AvgIpc) is 3.23. The number of nitrogens with zero attached hydrogens (tertiary/aromatic N) is 3. The number of para-hydroxylation sites is 2. The van der Waals surface area contributed by atoms with E-state index >= 15 is 0 Å². The van der Waals surface area contributed by atoms with Gasteiger partial charge in [0.15, 0.2) is 0 Å². The molecule has 0 aliphatic carbocycles. The molecule has 0 saturated carbocycles. The van der Waals surface area contributed by atoms with Gasteiger partial charge in [-0.25, -0.2) is 0 Å². The van der Waals surface area contributed by atoms with E-state index in [-0.39, 0.29) is 5.91 Å². The third-order valence-corrected chi connectivity index (χ3v) is 8.76. The van der Waals surface area contributed by atoms with Crippen LogP contribution in [0, 0.1) is 0 Å². The molecule has 42 heavy (non-hydrogen) atoms. The Labute approximate surface area is 259 Å². The van der Waals surface area contributed by atoms with E-state index in [9.17, 15) is 4.79 Å². The molecule has 1 aliphatic heterocycles. The Bertz CT molecular complexity index is 1470. The maximum Gasteiger partial charge on any atom is 0.253 e. The van der Waals surface area contributed by atoms with E-state index < -0.39 is 0 Å². The highest BCUT2D eigenvalue weighted by molar-refractivity contribution is 6.42. The van der Waals surface area contributed by atoms with Gasteiger partial charge in [-0.3, -0.25) is 9.69 Å². The summed E-state index contributed by atoms with van der Waals surface area (Å²) in [7, 11) is 0. The molecule has 1 fully saturated rings. The third-order valence-electron chi connectivity index (χ3n) is 8.02. The summed E-state index contributed by atoms with van der Waals surface area (Å²) in [5, 5.41) is 5.07. The number of nitrogens with one attached hydrogen (secondary N) is 1. The summed E-state index contributed by atoms with van der Waals surface area (Å²) in [5.74, 6) is 0.853. The molecule has 0 spiro atoms. The van der Waals surface area contributed by atoms with Crippen molar-refractivity contribution >= 4 is 40.0 Å². The molecule has 1 aromatic heterocycles. The lowest BCUT2D eigenvalue weighted by Gasteiger charge is -2.22. The second-order valence-corrected chi connectivity index (χ2v) is 11.7. The first-order valence-corrected chi connectivity index (χ1v) is 15.7. The number of aromatic nitrogens is 1. The Morgan fingerprint density at radius 3 is 2.43 bits per heavy atom. The molecule has 4 aromatic rings. The van der Waals surface area contributed by atoms with Crippen LogP contribution in [-0.2, 0) is 19.5 Å². The van der Waals surface area contributed by atoms with Gasteiger partial charge in [-0.1, -0.05) is 72.6 Å². The summed E-state index contributed by atoms with van der Waals surface area (Å²) >= 11 is 12.2. The van der Waals surface area contributed by atoms with Crippen LogP contribution in [0.25, 0.3) is 10.9 Å². The molecule has 222 valence electrons. The smallest absolute Gasteiger partial charge is 0.253 e. The Kier molecular flexibility index (Phi) is 10.8. The molecule has 3 aromatic carbocycles. The molecule has 1 aliphatic rings. The molecular formula is C34H40Cl2N4O2. The molecule has 6 nitrogen and oxygen atoms in total. The van der Waals surface area contributed by atoms with Crippen molar-refractivity contribution in [3.63, 3.8) is 0 Å². The van der Waals surface area contributed by atoms with Gasteiger partial charge in [-0.2, -0.15) is 0 Å². The topological polar surface area (TPSA) is 49.7 Å². The monoisotopic (exact) mass is 606 g/mol. The molecule has 0 bridgehead atoms. The second-order valence-electron chi connectivity index (χ2n) is 10.9. The van der Waals surface area contributed by atoms with E-state index in [1.54, 1.807) is 12.1 Å². The van der Waals surface area contributed by atoms with Crippen molar-refractivity contribution in [2.24, 2.45) is 0 Å². The summed E-state index contributed by atoms with van der Waals surface area (Å²) in [4.78, 5) is 18.4. The average molecular weight is 608 g/mol. The summed E-state index contributed by atoms with van der Waals surface area (Å²) in [6.45, 7) is 10.5. The van der Waals surface area contributed by atoms with Gasteiger partial charge in [0, 0.05) is 44.3 Å². The zero-order valence-corrected chi connectivity index (χ0v) is 25.8. The standard InChI is InChI=1S/C34H40Cl2N4O2/c1-2-27-9-6-12-29-30(34(41)37-24-26-13-14-31(35)32(36)23-26)25-40(33(27)29)18-8-17-38-15-7-16-39(20-19-38)21-22-42-28-10-4-3-5-11-28/h3-6,9-14,23,25H,2,7-8,15-22,24H2,1H3,(H,37,41). The van der Waals surface area contributed by atoms with Crippen LogP contribution in [0.3, 0.4) is 0 Å². The van der Waals surface area contributed by atoms with Crippen LogP contribution in [0.1, 0.15) is 41.3 Å². The number of aryl methyl sites for hydroxylation is 2. The fourth-order valence-corrected chi connectivity index (χ4v) is 6.07. The van der Waals surface area contributed by atoms with Gasteiger partial charge in [0.25, 0.3) is 5.91 Å². The highest BCUT2D eigenvalue weighted by atomic mass is 35.5. The van der Waals surface area contributed by atoms with Crippen LogP contribution < -0.4 is 10.1 Å². The van der Waals surface area contributed by atoms with Crippen LogP contribution >= 0.6 is 23.2 Å². The zero-order valence-electron chi connectivity index (χ0n) is 24.3. The lowest BCUT2D eigenvalue weighted by molar-refractivity contribution is 0.0952. The lowest BCUT2D eigenvalue weighted by Crippen LogP contribution is -2.33. The Balaban J connectivity index is 1.16. The third kappa shape index (κ3) is 7.87. The minimum Gasteiger partial charge on any atom is -0.492 e. The fourth-order valence-electron chi connectivity index (χ4n) is 5.75. The number of rotatable bonds is 12. The van der Waals surface area contributed by atoms with Crippen molar-refractivity contribution in [1.82, 2.24) is 19.7 Å². The molecular weight excluding hydrogens is 567 g/mol. The quantitative estimate of drug-likeness (QED) is 0.190. The van der Waals surface area contributed by atoms with Crippen molar-refractivity contribution in [2.45, 2.75) is 39.3 Å². The molecule has 1 N–H and O–H groups in total. The molecule has 2 heterocycles. The highest BCUT2D eigenvalue weighted by Crippen LogP contribution is 2.27. The number of carbonyl (C=O) groups excluding carboxylic acids is 1. The van der Waals surface area contributed by atoms with Gasteiger partial charge < -0.3 is 19.5 Å². The van der Waals surface area contributed by atoms with Crippen molar-refractivity contribution in [2.75, 3.05) is 45.9 Å². The first-order chi connectivity index (χ1) is 20.5. The zero-order chi connectivity index (χ0) is 29.3. The minimum absolute atomic E-state index is 0.0815. The first kappa shape index (κ1) is 30.4. The van der Waals surface area contributed by atoms with Crippen molar-refractivity contribution in [3.8, 4) is 5.75 Å². The predicted octanol–water partition coefficient (Wildman–Crippen LogP) is 6.92. The van der Waals surface area contributed by atoms with E-state index in [1.807, 2.05) is 42.6 Å². The summed E-state index contributed by atoms with van der Waals surface area (Å²) in [5.41, 5.74) is 4.05. The number of amides is 1. The minimum atomic E-state index is -0.0815. The van der Waals surface area contributed by atoms with Crippen molar-refractivity contribution in [1.29, 1.82) is 0 Å². The van der Waals surface area contributed by atoms with Crippen LogP contribution in [0.4, 0.5) is 0 Å². The van der Waals surface area contributed by atoms with Crippen LogP contribution in [0.2, 0.25) is 10.0 Å². The highest BCUT2D eigenvalue weighted by Gasteiger charge is 2.18. The number of carbonyl (C=O) groups is 1. The van der Waals surface area contributed by atoms with Crippen LogP contribution in [0.15, 0.2) is 72.9 Å². The predicted molar refractivity (Wildman–Crippen MR) is 173 cm³/mol. The number of benzene rings is 3. The van der Waals surface area contributed by atoms with Crippen molar-refractivity contribution < 1.29 is 9.53 Å². The number of ether oxygens (including phenoxy) is 1. The molecule has 1 amide bonds. The number of hydrogen-bond donors (Lipinski definition) is 1. The molecule has 0 atom stereocenters. The Hall–Kier alpha value is -3.03. The number of hydrogen-bond acceptors (Lipinski definition) is 4. The van der Waals surface area contributed by atoms with E-state index in [2.05, 4.69) is 44.8 Å². The van der Waals surface area contributed by atoms with E-state index in [0.29, 0.717) is 28.8 Å². The van der Waals surface area contributed by atoms with Gasteiger partial charge in [-0.05, 0) is 74.3 Å². The first-order valence-electron chi connectivity index (χ1n) is 15.0. The summed E-state index contributed by atoms with van der Waals surface area (Å²) in [6.07, 6.45) is 5.15. The van der Waals surface area contributed by atoms with Gasteiger partial charge in [-0.15, -0.1) is 0 Å². The van der Waals surface area contributed by atoms with Gasteiger partial charge in [0.1, 0.15) is 12.4 Å². The van der Waals surface area contributed by atoms with E-state index in [1.165, 1.54) is 17.5 Å². The normalized spacial score (nSPS) is 14.6. The van der Waals surface area contributed by atoms with Crippen LogP contribution in [0.5, 0.6) is 5.75 Å². The molecule has 1 saturated heterocycles. The largest absolute Gasteiger partial charge is 0.492 e. The van der Waals surface area contributed by atoms with Crippen LogP contribution in [-0.4, -0.2) is 66.1 Å². The lowest BCUT2D eigenvalue weighted by atomic mass is 10.1. The molecule has 8 heteroatoms. The maximum atomic E-state index is 13.3. The second kappa shape index (κ2) is 14.9. The van der Waals surface area contributed by atoms with E-state index in [4.69, 9.17) is 27.9 Å². The number of fused-ring (bicyclic) bond motifs is 1. The maximum absolute atomic E-state index is 13.3. The van der Waals surface area contributed by atoms with Crippen molar-refractivity contribution in [3.05, 3.63) is 99.7 Å². The van der Waals surface area contributed by atoms with Gasteiger partial charge >= 0.3 is 0 Å². The van der Waals surface area contributed by atoms with Gasteiger partial charge in [0.05, 0.1) is 21.1 Å². The summed E-state index contributed by atoms with van der Waals surface area (Å²) < 4.78 is 8.20. The number of halogens is 2. The molecule has 5 rings (SSSR count). The Morgan fingerprint density at radius 1 is 0.881 bits per heavy atom. The molecule has 0 unspecified atom stereocenters. The van der Waals surface area contributed by atoms with Gasteiger partial charge in [0.2, 0.25) is 0 Å². The SMILES string of the molecule is CCc1cccc2c(C(=O)NCc3ccc(Cl)c(Cl)c3)cn(CCCN3CCCN(CCOc4ccccc4)CC3)c12. The van der Waals surface area contributed by atoms with E-state index in [0.717, 1.165) is 75.4 Å². The fraction of sp³-hybridized carbons (Fsp3) is 0.382. The summed E-state index contributed by atoms with van der Waals surface area (Å²) in [6, 6.07) is 21.8.